The molecule has 0 amide bonds. The number of ether oxygens (including phenoxy) is 1. The van der Waals surface area contributed by atoms with Crippen LogP contribution in [0.1, 0.15) is 11.3 Å². The normalized spacial score (nSPS) is 10.8. The van der Waals surface area contributed by atoms with Gasteiger partial charge in [0.1, 0.15) is 17.3 Å². The summed E-state index contributed by atoms with van der Waals surface area (Å²) in [6.45, 7) is 0. The Labute approximate surface area is 194 Å². The van der Waals surface area contributed by atoms with E-state index in [2.05, 4.69) is 32.7 Å². The summed E-state index contributed by atoms with van der Waals surface area (Å²) in [4.78, 5) is 14.0. The zero-order chi connectivity index (χ0) is 22.6. The van der Waals surface area contributed by atoms with Gasteiger partial charge in [-0.3, -0.25) is 0 Å². The smallest absolute Gasteiger partial charge is 0.229 e. The Hall–Kier alpha value is -4.17. The topological polar surface area (TPSA) is 92.2 Å². The van der Waals surface area contributed by atoms with Gasteiger partial charge in [-0.2, -0.15) is 4.98 Å². The summed E-state index contributed by atoms with van der Waals surface area (Å²) in [7, 11) is 1.65. The maximum Gasteiger partial charge on any atom is 0.229 e. The Morgan fingerprint density at radius 3 is 2.48 bits per heavy atom. The third-order valence-electron chi connectivity index (χ3n) is 4.96. The number of thiazole rings is 1. The van der Waals surface area contributed by atoms with Gasteiger partial charge in [0.25, 0.3) is 0 Å². The van der Waals surface area contributed by atoms with Crippen LogP contribution < -0.4 is 15.4 Å². The first-order chi connectivity index (χ1) is 16.1. The molecule has 5 aromatic rings. The predicted octanol–water partition coefficient (Wildman–Crippen LogP) is 5.88. The number of nitrogens with zero attached hydrogens (tertiary/aromatic N) is 3. The second-order valence-corrected chi connectivity index (χ2v) is 8.41. The Kier molecular flexibility index (Phi) is 5.73. The van der Waals surface area contributed by atoms with E-state index in [1.165, 1.54) is 11.3 Å². The van der Waals surface area contributed by atoms with Crippen molar-refractivity contribution in [2.45, 2.75) is 6.42 Å². The molecule has 2 heterocycles. The second kappa shape index (κ2) is 9.13. The molecule has 0 spiro atoms. The van der Waals surface area contributed by atoms with E-state index in [1.54, 1.807) is 31.4 Å². The standard InChI is InChI=1S/C25H21N5O2S/c1-32-20-11-12-21-22(15-20)33-25(28-21)30-23-14-18(13-16-5-3-2-4-6-16)27-24(29-23)26-17-7-9-19(31)10-8-17/h2-12,14-15,31H,13H2,1H3,(H2,26,27,28,29,30). The zero-order valence-corrected chi connectivity index (χ0v) is 18.6. The van der Waals surface area contributed by atoms with Crippen molar-refractivity contribution in [2.75, 3.05) is 17.7 Å². The van der Waals surface area contributed by atoms with Crippen LogP contribution in [0.25, 0.3) is 10.2 Å². The van der Waals surface area contributed by atoms with Crippen LogP contribution in [0.15, 0.2) is 78.9 Å². The van der Waals surface area contributed by atoms with Crippen LogP contribution in [0.3, 0.4) is 0 Å². The van der Waals surface area contributed by atoms with Crippen molar-refractivity contribution in [3.05, 3.63) is 90.1 Å². The summed E-state index contributed by atoms with van der Waals surface area (Å²) in [5, 5.41) is 16.8. The minimum Gasteiger partial charge on any atom is -0.508 e. The predicted molar refractivity (Wildman–Crippen MR) is 132 cm³/mol. The number of nitrogens with one attached hydrogen (secondary N) is 2. The largest absolute Gasteiger partial charge is 0.508 e. The van der Waals surface area contributed by atoms with Crippen LogP contribution in [0, 0.1) is 0 Å². The van der Waals surface area contributed by atoms with Gasteiger partial charge in [0, 0.05) is 18.2 Å². The molecule has 0 radical (unpaired) electrons. The molecule has 0 saturated carbocycles. The molecule has 0 aliphatic rings. The van der Waals surface area contributed by atoms with E-state index in [4.69, 9.17) is 9.72 Å². The number of hydrogen-bond donors (Lipinski definition) is 3. The first-order valence-electron chi connectivity index (χ1n) is 10.3. The Morgan fingerprint density at radius 1 is 0.879 bits per heavy atom. The van der Waals surface area contributed by atoms with Gasteiger partial charge < -0.3 is 20.5 Å². The Bertz CT molecular complexity index is 1390. The van der Waals surface area contributed by atoms with E-state index in [-0.39, 0.29) is 5.75 Å². The summed E-state index contributed by atoms with van der Waals surface area (Å²) in [5.74, 6) is 2.10. The molecular formula is C25H21N5O2S. The molecule has 0 unspecified atom stereocenters. The van der Waals surface area contributed by atoms with E-state index < -0.39 is 0 Å². The van der Waals surface area contributed by atoms with Crippen LogP contribution in [0.4, 0.5) is 22.6 Å². The van der Waals surface area contributed by atoms with Gasteiger partial charge in [-0.1, -0.05) is 41.7 Å². The summed E-state index contributed by atoms with van der Waals surface area (Å²) in [6, 6.07) is 24.7. The van der Waals surface area contributed by atoms with Crippen LogP contribution in [0.2, 0.25) is 0 Å². The van der Waals surface area contributed by atoms with Gasteiger partial charge in [-0.25, -0.2) is 9.97 Å². The number of aromatic hydroxyl groups is 1. The molecule has 8 heteroatoms. The third kappa shape index (κ3) is 5.02. The van der Waals surface area contributed by atoms with Crippen LogP contribution in [-0.2, 0) is 6.42 Å². The van der Waals surface area contributed by atoms with E-state index >= 15 is 0 Å². The number of methoxy groups -OCH3 is 1. The fourth-order valence-corrected chi connectivity index (χ4v) is 4.28. The van der Waals surface area contributed by atoms with Gasteiger partial charge >= 0.3 is 0 Å². The number of rotatable bonds is 7. The van der Waals surface area contributed by atoms with E-state index in [0.29, 0.717) is 18.2 Å². The van der Waals surface area contributed by atoms with Gasteiger partial charge in [0.05, 0.1) is 23.0 Å². The van der Waals surface area contributed by atoms with Crippen molar-refractivity contribution in [1.29, 1.82) is 0 Å². The van der Waals surface area contributed by atoms with Gasteiger partial charge in [0.2, 0.25) is 5.95 Å². The number of fused-ring (bicyclic) bond motifs is 1. The molecule has 0 aliphatic carbocycles. The van der Waals surface area contributed by atoms with Crippen molar-refractivity contribution in [3.8, 4) is 11.5 Å². The van der Waals surface area contributed by atoms with Crippen molar-refractivity contribution < 1.29 is 9.84 Å². The molecule has 0 aliphatic heterocycles. The molecule has 3 N–H and O–H groups in total. The molecule has 2 aromatic heterocycles. The van der Waals surface area contributed by atoms with Crippen molar-refractivity contribution in [1.82, 2.24) is 15.0 Å². The first kappa shape index (κ1) is 20.7. The fourth-order valence-electron chi connectivity index (χ4n) is 3.38. The number of benzene rings is 3. The molecule has 164 valence electrons. The van der Waals surface area contributed by atoms with Crippen LogP contribution in [-0.4, -0.2) is 27.2 Å². The van der Waals surface area contributed by atoms with Crippen molar-refractivity contribution >= 4 is 44.1 Å². The van der Waals surface area contributed by atoms with Gasteiger partial charge in [-0.05, 0) is 48.0 Å². The molecule has 0 saturated heterocycles. The van der Waals surface area contributed by atoms with E-state index in [0.717, 1.165) is 38.0 Å². The maximum atomic E-state index is 9.55. The maximum absolute atomic E-state index is 9.55. The lowest BCUT2D eigenvalue weighted by Gasteiger charge is -2.10. The van der Waals surface area contributed by atoms with Gasteiger partial charge in [-0.15, -0.1) is 0 Å². The van der Waals surface area contributed by atoms with E-state index in [1.807, 2.05) is 42.5 Å². The summed E-state index contributed by atoms with van der Waals surface area (Å²) >= 11 is 1.53. The number of phenolic OH excluding ortho intramolecular Hbond substituents is 1. The lowest BCUT2D eigenvalue weighted by Crippen LogP contribution is -2.04. The number of aromatic nitrogens is 3. The minimum atomic E-state index is 0.203. The average molecular weight is 456 g/mol. The molecular weight excluding hydrogens is 434 g/mol. The monoisotopic (exact) mass is 455 g/mol. The highest BCUT2D eigenvalue weighted by atomic mass is 32.1. The summed E-state index contributed by atoms with van der Waals surface area (Å²) in [5.41, 5.74) is 3.69. The minimum absolute atomic E-state index is 0.203. The molecule has 0 fully saturated rings. The average Bonchev–Trinajstić information content (AvgIpc) is 3.22. The highest BCUT2D eigenvalue weighted by Crippen LogP contribution is 2.31. The lowest BCUT2D eigenvalue weighted by molar-refractivity contribution is 0.415. The highest BCUT2D eigenvalue weighted by molar-refractivity contribution is 7.22. The van der Waals surface area contributed by atoms with Crippen LogP contribution >= 0.6 is 11.3 Å². The van der Waals surface area contributed by atoms with Crippen molar-refractivity contribution in [3.63, 3.8) is 0 Å². The number of anilines is 4. The number of phenols is 1. The van der Waals surface area contributed by atoms with Crippen LogP contribution in [0.5, 0.6) is 11.5 Å². The van der Waals surface area contributed by atoms with E-state index in [9.17, 15) is 5.11 Å². The quantitative estimate of drug-likeness (QED) is 0.264. The molecule has 3 aromatic carbocycles. The third-order valence-corrected chi connectivity index (χ3v) is 5.89. The van der Waals surface area contributed by atoms with Crippen molar-refractivity contribution in [2.24, 2.45) is 0 Å². The Balaban J connectivity index is 1.46. The second-order valence-electron chi connectivity index (χ2n) is 7.38. The highest BCUT2D eigenvalue weighted by Gasteiger charge is 2.10. The lowest BCUT2D eigenvalue weighted by atomic mass is 10.1. The summed E-state index contributed by atoms with van der Waals surface area (Å²) in [6.07, 6.45) is 0.666. The fraction of sp³-hybridized carbons (Fsp3) is 0.0800. The Morgan fingerprint density at radius 2 is 1.70 bits per heavy atom. The van der Waals surface area contributed by atoms with Gasteiger partial charge in [0.15, 0.2) is 5.13 Å². The molecule has 7 nitrogen and oxygen atoms in total. The number of hydrogen-bond acceptors (Lipinski definition) is 8. The summed E-state index contributed by atoms with van der Waals surface area (Å²) < 4.78 is 6.34. The molecule has 33 heavy (non-hydrogen) atoms. The molecule has 0 bridgehead atoms. The molecule has 5 rings (SSSR count). The zero-order valence-electron chi connectivity index (χ0n) is 17.8. The SMILES string of the molecule is COc1ccc2nc(Nc3cc(Cc4ccccc4)nc(Nc4ccc(O)cc4)n3)sc2c1. The molecule has 0 atom stereocenters. The first-order valence-corrected chi connectivity index (χ1v) is 11.2.